The third-order valence-corrected chi connectivity index (χ3v) is 13.0. The summed E-state index contributed by atoms with van der Waals surface area (Å²) in [6.07, 6.45) is 4.31. The van der Waals surface area contributed by atoms with Crippen LogP contribution in [0.4, 0.5) is 11.4 Å². The Morgan fingerprint density at radius 1 is 0.469 bits per heavy atom. The van der Waals surface area contributed by atoms with Crippen molar-refractivity contribution in [3.8, 4) is 28.4 Å². The van der Waals surface area contributed by atoms with E-state index in [1.165, 1.54) is 50.2 Å². The minimum Gasteiger partial charge on any atom is -0.457 e. The highest BCUT2D eigenvalue weighted by Crippen LogP contribution is 2.45. The smallest absolute Gasteiger partial charge is 0.137 e. The van der Waals surface area contributed by atoms with Crippen LogP contribution in [0.1, 0.15) is 98.4 Å². The lowest BCUT2D eigenvalue weighted by Crippen LogP contribution is -2.34. The summed E-state index contributed by atoms with van der Waals surface area (Å²) in [6, 6.07) is 55.0. The summed E-state index contributed by atoms with van der Waals surface area (Å²) in [7, 11) is 0. The molecule has 8 aromatic rings. The molecule has 0 amide bonds. The van der Waals surface area contributed by atoms with Gasteiger partial charge in [0.05, 0.1) is 17.7 Å². The molecule has 64 heavy (non-hydrogen) atoms. The number of nitrogens with zero attached hydrogens (tertiary/aromatic N) is 4. The molecule has 2 aromatic heterocycles. The highest BCUT2D eigenvalue weighted by molar-refractivity contribution is 6.09. The largest absolute Gasteiger partial charge is 0.457 e. The second-order valence-electron chi connectivity index (χ2n) is 21.2. The quantitative estimate of drug-likeness (QED) is 0.153. The van der Waals surface area contributed by atoms with Gasteiger partial charge in [-0.05, 0) is 104 Å². The van der Waals surface area contributed by atoms with Crippen molar-refractivity contribution in [3.63, 3.8) is 0 Å². The minimum atomic E-state index is -0.324. The number of para-hydroxylation sites is 1. The molecular weight excluding hydrogens is 781 g/mol. The number of rotatable bonds is 8. The van der Waals surface area contributed by atoms with Crippen molar-refractivity contribution in [1.82, 2.24) is 9.55 Å². The van der Waals surface area contributed by atoms with Crippen LogP contribution < -0.4 is 14.5 Å². The third kappa shape index (κ3) is 8.20. The molecule has 0 fully saturated rings. The maximum Gasteiger partial charge on any atom is 0.137 e. The number of aromatic nitrogens is 2. The maximum absolute atomic E-state index is 7.03. The molecule has 9 rings (SSSR count). The van der Waals surface area contributed by atoms with Crippen molar-refractivity contribution in [2.75, 3.05) is 16.5 Å². The average Bonchev–Trinajstić information content (AvgIpc) is 3.87. The lowest BCUT2D eigenvalue weighted by molar-refractivity contribution is 0.479. The van der Waals surface area contributed by atoms with Crippen LogP contribution in [0.25, 0.3) is 38.8 Å². The van der Waals surface area contributed by atoms with E-state index in [0.29, 0.717) is 6.67 Å². The van der Waals surface area contributed by atoms with Crippen LogP contribution >= 0.6 is 0 Å². The number of pyridine rings is 1. The molecule has 0 saturated carbocycles. The molecule has 0 aliphatic carbocycles. The van der Waals surface area contributed by atoms with Crippen LogP contribution in [0.5, 0.6) is 11.5 Å². The van der Waals surface area contributed by atoms with Gasteiger partial charge in [-0.1, -0.05) is 161 Å². The van der Waals surface area contributed by atoms with E-state index in [1.54, 1.807) is 0 Å². The van der Waals surface area contributed by atoms with Crippen molar-refractivity contribution >= 4 is 33.2 Å². The molecule has 5 nitrogen and oxygen atoms in total. The highest BCUT2D eigenvalue weighted by Gasteiger charge is 2.37. The summed E-state index contributed by atoms with van der Waals surface area (Å²) in [4.78, 5) is 9.85. The summed E-state index contributed by atoms with van der Waals surface area (Å²) in [6.45, 7) is 25.8. The Kier molecular flexibility index (Phi) is 10.6. The molecular formula is C59H62N4O. The van der Waals surface area contributed by atoms with Crippen LogP contribution in [0.15, 0.2) is 170 Å². The van der Waals surface area contributed by atoms with Crippen molar-refractivity contribution in [2.45, 2.75) is 97.8 Å². The zero-order chi connectivity index (χ0) is 45.2. The van der Waals surface area contributed by atoms with Gasteiger partial charge < -0.3 is 14.5 Å². The van der Waals surface area contributed by atoms with Gasteiger partial charge >= 0.3 is 0 Å². The Morgan fingerprint density at radius 2 is 1.09 bits per heavy atom. The molecule has 0 N–H and O–H groups in total. The predicted octanol–water partition coefficient (Wildman–Crippen LogP) is 15.6. The highest BCUT2D eigenvalue weighted by atomic mass is 16.5. The first-order chi connectivity index (χ1) is 30.3. The second kappa shape index (κ2) is 15.9. The fourth-order valence-electron chi connectivity index (χ4n) is 9.01. The summed E-state index contributed by atoms with van der Waals surface area (Å²) in [5.41, 5.74) is 12.6. The van der Waals surface area contributed by atoms with Crippen molar-refractivity contribution in [1.29, 1.82) is 0 Å². The molecule has 0 spiro atoms. The third-order valence-electron chi connectivity index (χ3n) is 13.0. The molecule has 5 heteroatoms. The monoisotopic (exact) mass is 842 g/mol. The van der Waals surface area contributed by atoms with Gasteiger partial charge in [0.15, 0.2) is 0 Å². The van der Waals surface area contributed by atoms with Crippen molar-refractivity contribution in [3.05, 3.63) is 192 Å². The molecule has 0 radical (unpaired) electrons. The van der Waals surface area contributed by atoms with Crippen LogP contribution in [0.2, 0.25) is 0 Å². The molecule has 0 unspecified atom stereocenters. The topological polar surface area (TPSA) is 33.5 Å². The molecule has 0 bridgehead atoms. The summed E-state index contributed by atoms with van der Waals surface area (Å²) in [5, 5.41) is 2.35. The Morgan fingerprint density at radius 3 is 1.80 bits per heavy atom. The van der Waals surface area contributed by atoms with Gasteiger partial charge in [0.25, 0.3) is 0 Å². The Hall–Kier alpha value is -6.59. The van der Waals surface area contributed by atoms with Gasteiger partial charge in [0, 0.05) is 57.8 Å². The molecule has 6 aromatic carbocycles. The van der Waals surface area contributed by atoms with Crippen LogP contribution in [-0.2, 0) is 21.7 Å². The molecule has 1 aliphatic heterocycles. The second-order valence-corrected chi connectivity index (χ2v) is 21.2. The van der Waals surface area contributed by atoms with E-state index >= 15 is 0 Å². The molecule has 0 atom stereocenters. The van der Waals surface area contributed by atoms with Gasteiger partial charge in [-0.25, -0.2) is 4.98 Å². The molecule has 1 aliphatic rings. The number of hydrogen-bond acceptors (Lipinski definition) is 4. The van der Waals surface area contributed by atoms with Gasteiger partial charge in [-0.15, -0.1) is 0 Å². The van der Waals surface area contributed by atoms with E-state index < -0.39 is 0 Å². The van der Waals surface area contributed by atoms with E-state index in [-0.39, 0.29) is 21.7 Å². The Labute approximate surface area is 380 Å². The standard InChI is InChI=1S/C59H62N4O/c1-56(2,3)43-28-29-60-55(35-43)63-52-25-19-18-24-50(52)51-27-26-48(37-53(51)63)64-49-34-45(58(7,8)9)33-47(36-49)62-39-61(38-54(62)59(10,11)42-22-16-13-17-23-42)46-31-41(40-20-14-12-15-21-40)30-44(32-46)57(4,5)6/h12-38H,39H2,1-11H3. The predicted molar refractivity (Wildman–Crippen MR) is 270 cm³/mol. The van der Waals surface area contributed by atoms with E-state index in [9.17, 15) is 0 Å². The number of anilines is 2. The number of benzene rings is 6. The lowest BCUT2D eigenvalue weighted by Gasteiger charge is -2.35. The Bertz CT molecular complexity index is 3030. The van der Waals surface area contributed by atoms with E-state index in [0.717, 1.165) is 39.4 Å². The van der Waals surface area contributed by atoms with Crippen LogP contribution in [0, 0.1) is 0 Å². The normalized spacial score (nSPS) is 13.8. The van der Waals surface area contributed by atoms with Gasteiger partial charge in [-0.3, -0.25) is 4.57 Å². The first kappa shape index (κ1) is 42.7. The van der Waals surface area contributed by atoms with E-state index in [4.69, 9.17) is 9.72 Å². The van der Waals surface area contributed by atoms with Crippen molar-refractivity contribution < 1.29 is 4.74 Å². The first-order valence-corrected chi connectivity index (χ1v) is 22.7. The summed E-state index contributed by atoms with van der Waals surface area (Å²) < 4.78 is 9.31. The van der Waals surface area contributed by atoms with Gasteiger partial charge in [0.1, 0.15) is 17.3 Å². The Balaban J connectivity index is 1.16. The van der Waals surface area contributed by atoms with Gasteiger partial charge in [-0.2, -0.15) is 0 Å². The zero-order valence-corrected chi connectivity index (χ0v) is 39.5. The SMILES string of the molecule is CC(C)(C)c1cc(-c2ccccc2)cc(N2C=C(C(C)(C)c3ccccc3)N(c3cc(Oc4ccc5c6ccccc6n(-c6cc(C(C)(C)C)ccn6)c5c4)cc(C(C)(C)C)c3)C2)c1. The summed E-state index contributed by atoms with van der Waals surface area (Å²) >= 11 is 0. The van der Waals surface area contributed by atoms with E-state index in [1.807, 2.05) is 6.20 Å². The number of ether oxygens (including phenoxy) is 1. The molecule has 0 saturated heterocycles. The molecule has 3 heterocycles. The average molecular weight is 843 g/mol. The first-order valence-electron chi connectivity index (χ1n) is 22.7. The summed E-state index contributed by atoms with van der Waals surface area (Å²) in [5.74, 6) is 2.47. The fraction of sp³-hybridized carbons (Fsp3) is 0.271. The van der Waals surface area contributed by atoms with E-state index in [2.05, 4.69) is 248 Å². The number of allylic oxidation sites excluding steroid dienone is 1. The number of fused-ring (bicyclic) bond motifs is 3. The van der Waals surface area contributed by atoms with Crippen molar-refractivity contribution in [2.24, 2.45) is 0 Å². The maximum atomic E-state index is 7.03. The van der Waals surface area contributed by atoms with Crippen LogP contribution in [-0.4, -0.2) is 16.2 Å². The number of hydrogen-bond donors (Lipinski definition) is 0. The minimum absolute atomic E-state index is 0.0141. The fourth-order valence-corrected chi connectivity index (χ4v) is 9.01. The zero-order valence-electron chi connectivity index (χ0n) is 39.5. The lowest BCUT2D eigenvalue weighted by atomic mass is 9.81. The molecule has 324 valence electrons. The van der Waals surface area contributed by atoms with Crippen LogP contribution in [0.3, 0.4) is 0 Å². The van der Waals surface area contributed by atoms with Gasteiger partial charge in [0.2, 0.25) is 0 Å².